The summed E-state index contributed by atoms with van der Waals surface area (Å²) in [5.74, 6) is -0.848. The molecule has 0 aliphatic carbocycles. The summed E-state index contributed by atoms with van der Waals surface area (Å²) < 4.78 is 17.0. The fraction of sp³-hybridized carbons (Fsp3) is 0.903. The van der Waals surface area contributed by atoms with Gasteiger partial charge in [-0.2, -0.15) is 0 Å². The summed E-state index contributed by atoms with van der Waals surface area (Å²) in [6.07, 6.45) is 82.2. The van der Waals surface area contributed by atoms with Crippen LogP contribution in [0.4, 0.5) is 0 Å². The summed E-state index contributed by atoms with van der Waals surface area (Å²) in [6.45, 7) is 6.67. The minimum Gasteiger partial charge on any atom is -0.462 e. The number of hydrogen-bond donors (Lipinski definition) is 0. The minimum atomic E-state index is -0.771. The van der Waals surface area contributed by atoms with Gasteiger partial charge in [-0.25, -0.2) is 0 Å². The third-order valence-corrected chi connectivity index (χ3v) is 16.2. The van der Waals surface area contributed by atoms with Crippen LogP contribution in [0, 0.1) is 0 Å². The van der Waals surface area contributed by atoms with Crippen LogP contribution in [0.25, 0.3) is 0 Å². The summed E-state index contributed by atoms with van der Waals surface area (Å²) in [7, 11) is 0. The van der Waals surface area contributed by atoms with E-state index in [1.807, 2.05) is 0 Å². The highest BCUT2D eigenvalue weighted by Gasteiger charge is 2.19. The van der Waals surface area contributed by atoms with E-state index in [0.29, 0.717) is 19.3 Å². The topological polar surface area (TPSA) is 78.9 Å². The smallest absolute Gasteiger partial charge is 0.306 e. The number of carbonyl (C=O) groups excluding carboxylic acids is 3. The molecule has 0 heterocycles. The Kier molecular flexibility index (Phi) is 65.6. The number of hydrogen-bond acceptors (Lipinski definition) is 6. The number of allylic oxidation sites excluding steroid dienone is 4. The van der Waals surface area contributed by atoms with E-state index in [9.17, 15) is 14.4 Å². The van der Waals surface area contributed by atoms with Crippen LogP contribution in [0.2, 0.25) is 0 Å². The molecule has 1 unspecified atom stereocenters. The molecule has 460 valence electrons. The molecule has 6 nitrogen and oxygen atoms in total. The predicted octanol–water partition coefficient (Wildman–Crippen LogP) is 24.2. The van der Waals surface area contributed by atoms with E-state index in [-0.39, 0.29) is 31.1 Å². The van der Waals surface area contributed by atoms with Crippen LogP contribution in [-0.4, -0.2) is 37.2 Å². The van der Waals surface area contributed by atoms with Crippen molar-refractivity contribution in [3.05, 3.63) is 24.3 Å². The monoisotopic (exact) mass is 1100 g/mol. The standard InChI is InChI=1S/C72H136O6/c1-4-7-10-13-16-19-22-24-26-28-30-32-33-34-35-36-37-38-39-40-42-43-45-47-50-53-56-59-62-65-71(74)77-68-69(67-76-70(73)64-61-58-55-52-49-21-18-15-12-9-6-3)78-72(75)66-63-60-57-54-51-48-46-44-41-31-29-27-25-23-20-17-14-11-8-5-2/h15,18,28,30,69H,4-14,16-17,19-27,29,31-68H2,1-3H3/b18-15-,30-28-. The van der Waals surface area contributed by atoms with Gasteiger partial charge < -0.3 is 14.2 Å². The van der Waals surface area contributed by atoms with Gasteiger partial charge in [0, 0.05) is 19.3 Å². The average Bonchev–Trinajstić information content (AvgIpc) is 3.44. The van der Waals surface area contributed by atoms with Crippen LogP contribution in [0.5, 0.6) is 0 Å². The highest BCUT2D eigenvalue weighted by Crippen LogP contribution is 2.19. The van der Waals surface area contributed by atoms with Crippen molar-refractivity contribution in [3.8, 4) is 0 Å². The SMILES string of the molecule is CCCC/C=C\CCCCCCCC(=O)OCC(COC(=O)CCCCCCCCCCCCCCCCCCC/C=C\CCCCCCCCCC)OC(=O)CCCCCCCCCCCCCCCCCCCCCC. The Morgan fingerprint density at radius 3 is 0.679 bits per heavy atom. The molecule has 0 aliphatic heterocycles. The van der Waals surface area contributed by atoms with Gasteiger partial charge in [0.15, 0.2) is 6.10 Å². The molecule has 0 bridgehead atoms. The lowest BCUT2D eigenvalue weighted by Crippen LogP contribution is -2.30. The molecule has 0 N–H and O–H groups in total. The maximum absolute atomic E-state index is 12.9. The van der Waals surface area contributed by atoms with E-state index in [1.165, 1.54) is 295 Å². The second-order valence-electron chi connectivity index (χ2n) is 24.1. The van der Waals surface area contributed by atoms with Crippen LogP contribution in [0.3, 0.4) is 0 Å². The molecule has 0 saturated carbocycles. The minimum absolute atomic E-state index is 0.0677. The van der Waals surface area contributed by atoms with Gasteiger partial charge >= 0.3 is 17.9 Å². The molecule has 0 radical (unpaired) electrons. The first kappa shape index (κ1) is 75.9. The van der Waals surface area contributed by atoms with Crippen molar-refractivity contribution in [1.29, 1.82) is 0 Å². The van der Waals surface area contributed by atoms with Gasteiger partial charge in [-0.15, -0.1) is 0 Å². The molecule has 0 amide bonds. The largest absolute Gasteiger partial charge is 0.462 e. The van der Waals surface area contributed by atoms with Gasteiger partial charge in [-0.05, 0) is 64.2 Å². The fourth-order valence-corrected chi connectivity index (χ4v) is 10.8. The molecular weight excluding hydrogens is 961 g/mol. The summed E-state index contributed by atoms with van der Waals surface area (Å²) in [5.41, 5.74) is 0. The molecule has 1 atom stereocenters. The average molecular weight is 1100 g/mol. The molecular formula is C72H136O6. The Morgan fingerprint density at radius 2 is 0.436 bits per heavy atom. The Hall–Kier alpha value is -2.11. The Bertz CT molecular complexity index is 1260. The summed E-state index contributed by atoms with van der Waals surface area (Å²) in [6, 6.07) is 0. The Labute approximate surface area is 487 Å². The van der Waals surface area contributed by atoms with Gasteiger partial charge in [-0.3, -0.25) is 14.4 Å². The summed E-state index contributed by atoms with van der Waals surface area (Å²) in [4.78, 5) is 38.3. The number of rotatable bonds is 66. The van der Waals surface area contributed by atoms with Gasteiger partial charge in [0.25, 0.3) is 0 Å². The van der Waals surface area contributed by atoms with E-state index in [0.717, 1.165) is 64.2 Å². The van der Waals surface area contributed by atoms with E-state index < -0.39 is 6.10 Å². The van der Waals surface area contributed by atoms with Crippen LogP contribution in [0.1, 0.15) is 400 Å². The van der Waals surface area contributed by atoms with Gasteiger partial charge in [-0.1, -0.05) is 340 Å². The fourth-order valence-electron chi connectivity index (χ4n) is 10.8. The third kappa shape index (κ3) is 64.7. The second-order valence-corrected chi connectivity index (χ2v) is 24.1. The number of carbonyl (C=O) groups is 3. The highest BCUT2D eigenvalue weighted by atomic mass is 16.6. The van der Waals surface area contributed by atoms with E-state index in [4.69, 9.17) is 14.2 Å². The van der Waals surface area contributed by atoms with Crippen LogP contribution >= 0.6 is 0 Å². The lowest BCUT2D eigenvalue weighted by Gasteiger charge is -2.18. The zero-order valence-corrected chi connectivity index (χ0v) is 53.0. The first-order chi connectivity index (χ1) is 38.5. The quantitative estimate of drug-likeness (QED) is 0.0261. The Morgan fingerprint density at radius 1 is 0.244 bits per heavy atom. The molecule has 0 spiro atoms. The molecule has 6 heteroatoms. The lowest BCUT2D eigenvalue weighted by atomic mass is 10.0. The maximum atomic E-state index is 12.9. The third-order valence-electron chi connectivity index (χ3n) is 16.2. The highest BCUT2D eigenvalue weighted by molar-refractivity contribution is 5.71. The van der Waals surface area contributed by atoms with Crippen molar-refractivity contribution in [2.24, 2.45) is 0 Å². The normalized spacial score (nSPS) is 12.1. The molecule has 78 heavy (non-hydrogen) atoms. The van der Waals surface area contributed by atoms with Gasteiger partial charge in [0.2, 0.25) is 0 Å². The number of unbranched alkanes of at least 4 members (excludes halogenated alkanes) is 51. The first-order valence-electron chi connectivity index (χ1n) is 35.3. The molecule has 0 aliphatic rings. The van der Waals surface area contributed by atoms with Crippen LogP contribution < -0.4 is 0 Å². The van der Waals surface area contributed by atoms with Gasteiger partial charge in [0.1, 0.15) is 13.2 Å². The first-order valence-corrected chi connectivity index (χ1v) is 35.3. The van der Waals surface area contributed by atoms with E-state index in [1.54, 1.807) is 0 Å². The molecule has 0 aromatic heterocycles. The van der Waals surface area contributed by atoms with Crippen LogP contribution in [0.15, 0.2) is 24.3 Å². The molecule has 0 aromatic rings. The summed E-state index contributed by atoms with van der Waals surface area (Å²) >= 11 is 0. The van der Waals surface area contributed by atoms with Crippen molar-refractivity contribution < 1.29 is 28.6 Å². The van der Waals surface area contributed by atoms with E-state index >= 15 is 0 Å². The number of esters is 3. The molecule has 0 aromatic carbocycles. The zero-order chi connectivity index (χ0) is 56.4. The van der Waals surface area contributed by atoms with Crippen molar-refractivity contribution in [1.82, 2.24) is 0 Å². The number of ether oxygens (including phenoxy) is 3. The maximum Gasteiger partial charge on any atom is 0.306 e. The van der Waals surface area contributed by atoms with Crippen molar-refractivity contribution in [3.63, 3.8) is 0 Å². The molecule has 0 rings (SSSR count). The lowest BCUT2D eigenvalue weighted by molar-refractivity contribution is -0.167. The van der Waals surface area contributed by atoms with E-state index in [2.05, 4.69) is 45.1 Å². The van der Waals surface area contributed by atoms with Crippen LogP contribution in [-0.2, 0) is 28.6 Å². The van der Waals surface area contributed by atoms with Crippen molar-refractivity contribution in [2.45, 2.75) is 406 Å². The van der Waals surface area contributed by atoms with Gasteiger partial charge in [0.05, 0.1) is 0 Å². The second kappa shape index (κ2) is 67.4. The molecule has 0 fully saturated rings. The molecule has 0 saturated heterocycles. The van der Waals surface area contributed by atoms with Crippen molar-refractivity contribution in [2.75, 3.05) is 13.2 Å². The van der Waals surface area contributed by atoms with Crippen molar-refractivity contribution >= 4 is 17.9 Å². The predicted molar refractivity (Wildman–Crippen MR) is 340 cm³/mol. The summed E-state index contributed by atoms with van der Waals surface area (Å²) in [5, 5.41) is 0. The Balaban J connectivity index is 4.12. The zero-order valence-electron chi connectivity index (χ0n) is 53.0.